The first-order valence-electron chi connectivity index (χ1n) is 6.85. The van der Waals surface area contributed by atoms with Crippen molar-refractivity contribution in [1.29, 1.82) is 0 Å². The Kier molecular flexibility index (Phi) is 3.58. The fourth-order valence-electron chi connectivity index (χ4n) is 2.95. The summed E-state index contributed by atoms with van der Waals surface area (Å²) >= 11 is 0. The minimum Gasteiger partial charge on any atom is -0.313 e. The lowest BCUT2D eigenvalue weighted by Crippen LogP contribution is -2.48. The molecule has 0 saturated carbocycles. The van der Waals surface area contributed by atoms with Gasteiger partial charge in [0.25, 0.3) is 0 Å². The van der Waals surface area contributed by atoms with E-state index in [1.165, 1.54) is 12.8 Å². The zero-order valence-corrected chi connectivity index (χ0v) is 11.6. The Balaban J connectivity index is 2.14. The zero-order chi connectivity index (χ0) is 12.5. The van der Waals surface area contributed by atoms with Gasteiger partial charge in [-0.05, 0) is 35.9 Å². The van der Waals surface area contributed by atoms with E-state index in [1.54, 1.807) is 11.1 Å². The van der Waals surface area contributed by atoms with E-state index in [-0.39, 0.29) is 0 Å². The van der Waals surface area contributed by atoms with Gasteiger partial charge in [0.05, 0.1) is 0 Å². The van der Waals surface area contributed by atoms with Gasteiger partial charge in [-0.1, -0.05) is 52.0 Å². The first-order chi connectivity index (χ1) is 8.04. The second-order valence-corrected chi connectivity index (χ2v) is 6.31. The minimum absolute atomic E-state index is 0.327. The van der Waals surface area contributed by atoms with Crippen LogP contribution in [0, 0.1) is 5.41 Å². The summed E-state index contributed by atoms with van der Waals surface area (Å²) in [5.74, 6) is 0.706. The van der Waals surface area contributed by atoms with E-state index in [9.17, 15) is 0 Å². The average molecular weight is 231 g/mol. The fourth-order valence-corrected chi connectivity index (χ4v) is 2.95. The number of fused-ring (bicyclic) bond motifs is 1. The Morgan fingerprint density at radius 1 is 1.29 bits per heavy atom. The van der Waals surface area contributed by atoms with Gasteiger partial charge < -0.3 is 5.32 Å². The highest BCUT2D eigenvalue weighted by Crippen LogP contribution is 2.42. The van der Waals surface area contributed by atoms with E-state index < -0.39 is 0 Å². The van der Waals surface area contributed by atoms with Gasteiger partial charge in [-0.25, -0.2) is 0 Å². The number of benzene rings is 1. The maximum Gasteiger partial charge on any atom is 0.0188 e. The molecule has 0 fully saturated rings. The summed E-state index contributed by atoms with van der Waals surface area (Å²) in [5.41, 5.74) is 3.44. The molecule has 1 N–H and O–H groups in total. The second-order valence-electron chi connectivity index (χ2n) is 6.31. The molecule has 0 saturated heterocycles. The van der Waals surface area contributed by atoms with E-state index in [0.717, 1.165) is 6.54 Å². The monoisotopic (exact) mass is 231 g/mol. The summed E-state index contributed by atoms with van der Waals surface area (Å²) in [4.78, 5) is 0. The van der Waals surface area contributed by atoms with Crippen LogP contribution in [0.2, 0.25) is 0 Å². The molecule has 1 nitrogen and oxygen atoms in total. The molecule has 0 amide bonds. The van der Waals surface area contributed by atoms with Crippen LogP contribution >= 0.6 is 0 Å². The number of nitrogens with one attached hydrogen (secondary N) is 1. The lowest BCUT2D eigenvalue weighted by atomic mass is 9.66. The third kappa shape index (κ3) is 2.55. The van der Waals surface area contributed by atoms with Gasteiger partial charge in [0, 0.05) is 12.0 Å². The van der Waals surface area contributed by atoms with Gasteiger partial charge in [-0.15, -0.1) is 0 Å². The molecule has 0 bridgehead atoms. The largest absolute Gasteiger partial charge is 0.313 e. The van der Waals surface area contributed by atoms with Crippen molar-refractivity contribution in [3.8, 4) is 0 Å². The molecule has 1 heteroatoms. The Morgan fingerprint density at radius 3 is 2.59 bits per heavy atom. The molecule has 0 radical (unpaired) electrons. The first-order valence-corrected chi connectivity index (χ1v) is 6.85. The smallest absolute Gasteiger partial charge is 0.0188 e. The van der Waals surface area contributed by atoms with Gasteiger partial charge in [0.2, 0.25) is 0 Å². The number of hydrogen-bond acceptors (Lipinski definition) is 1. The van der Waals surface area contributed by atoms with Crippen LogP contribution in [0.25, 0.3) is 0 Å². The first kappa shape index (κ1) is 12.6. The number of rotatable bonds is 4. The Bertz CT molecular complexity index is 375. The van der Waals surface area contributed by atoms with Crippen LogP contribution in [0.4, 0.5) is 0 Å². The molecular weight excluding hydrogens is 206 g/mol. The highest BCUT2D eigenvalue weighted by atomic mass is 14.9. The molecule has 0 heterocycles. The number of hydrogen-bond donors (Lipinski definition) is 1. The highest BCUT2D eigenvalue weighted by molar-refractivity contribution is 5.41. The molecule has 17 heavy (non-hydrogen) atoms. The van der Waals surface area contributed by atoms with Crippen LogP contribution < -0.4 is 5.32 Å². The van der Waals surface area contributed by atoms with E-state index >= 15 is 0 Å². The topological polar surface area (TPSA) is 12.0 Å². The molecule has 2 atom stereocenters. The third-order valence-corrected chi connectivity index (χ3v) is 3.84. The highest BCUT2D eigenvalue weighted by Gasteiger charge is 2.38. The van der Waals surface area contributed by atoms with E-state index in [2.05, 4.69) is 57.3 Å². The SMILES string of the molecule is CCCNC(C1Cc2ccccc21)C(C)(C)C. The maximum absolute atomic E-state index is 3.75. The standard InChI is InChI=1S/C16H25N/c1-5-10-17-15(16(2,3)4)14-11-12-8-6-7-9-13(12)14/h6-9,14-15,17H,5,10-11H2,1-4H3. The minimum atomic E-state index is 0.327. The Labute approximate surface area is 106 Å². The quantitative estimate of drug-likeness (QED) is 0.832. The van der Waals surface area contributed by atoms with Crippen LogP contribution in [0.5, 0.6) is 0 Å². The van der Waals surface area contributed by atoms with Crippen molar-refractivity contribution in [3.63, 3.8) is 0 Å². The van der Waals surface area contributed by atoms with Gasteiger partial charge in [-0.3, -0.25) is 0 Å². The zero-order valence-electron chi connectivity index (χ0n) is 11.6. The van der Waals surface area contributed by atoms with Crippen molar-refractivity contribution in [3.05, 3.63) is 35.4 Å². The predicted molar refractivity (Wildman–Crippen MR) is 74.4 cm³/mol. The molecule has 2 unspecified atom stereocenters. The van der Waals surface area contributed by atoms with Gasteiger partial charge in [0.1, 0.15) is 0 Å². The Morgan fingerprint density at radius 2 is 2.00 bits per heavy atom. The molecule has 94 valence electrons. The van der Waals surface area contributed by atoms with E-state index in [1.807, 2.05) is 0 Å². The van der Waals surface area contributed by atoms with Crippen molar-refractivity contribution in [2.45, 2.75) is 52.5 Å². The van der Waals surface area contributed by atoms with Gasteiger partial charge >= 0.3 is 0 Å². The average Bonchev–Trinajstić information content (AvgIpc) is 2.23. The van der Waals surface area contributed by atoms with Crippen molar-refractivity contribution < 1.29 is 0 Å². The summed E-state index contributed by atoms with van der Waals surface area (Å²) in [5, 5.41) is 3.75. The molecule has 1 aliphatic rings. The van der Waals surface area contributed by atoms with Crippen LogP contribution in [-0.2, 0) is 6.42 Å². The van der Waals surface area contributed by atoms with Crippen LogP contribution in [0.3, 0.4) is 0 Å². The molecule has 1 aliphatic carbocycles. The van der Waals surface area contributed by atoms with Crippen LogP contribution in [0.15, 0.2) is 24.3 Å². The lowest BCUT2D eigenvalue weighted by molar-refractivity contribution is 0.218. The summed E-state index contributed by atoms with van der Waals surface area (Å²) < 4.78 is 0. The van der Waals surface area contributed by atoms with Crippen molar-refractivity contribution in [1.82, 2.24) is 5.32 Å². The predicted octanol–water partition coefficient (Wildman–Crippen LogP) is 3.74. The molecule has 1 aromatic rings. The summed E-state index contributed by atoms with van der Waals surface area (Å²) in [6, 6.07) is 9.49. The molecule has 1 aromatic carbocycles. The lowest BCUT2D eigenvalue weighted by Gasteiger charge is -2.43. The summed E-state index contributed by atoms with van der Waals surface area (Å²) in [6.07, 6.45) is 2.45. The molecule has 2 rings (SSSR count). The normalized spacial score (nSPS) is 20.6. The van der Waals surface area contributed by atoms with Crippen molar-refractivity contribution in [2.24, 2.45) is 5.41 Å². The third-order valence-electron chi connectivity index (χ3n) is 3.84. The van der Waals surface area contributed by atoms with Crippen LogP contribution in [0.1, 0.15) is 51.2 Å². The van der Waals surface area contributed by atoms with E-state index in [0.29, 0.717) is 17.4 Å². The van der Waals surface area contributed by atoms with Crippen LogP contribution in [-0.4, -0.2) is 12.6 Å². The molecule has 0 spiro atoms. The molecular formula is C16H25N. The summed E-state index contributed by atoms with van der Waals surface area (Å²) in [7, 11) is 0. The molecule has 0 aliphatic heterocycles. The van der Waals surface area contributed by atoms with E-state index in [4.69, 9.17) is 0 Å². The van der Waals surface area contributed by atoms with Crippen molar-refractivity contribution in [2.75, 3.05) is 6.54 Å². The maximum atomic E-state index is 3.75. The fraction of sp³-hybridized carbons (Fsp3) is 0.625. The molecule has 0 aromatic heterocycles. The van der Waals surface area contributed by atoms with Gasteiger partial charge in [-0.2, -0.15) is 0 Å². The second kappa shape index (κ2) is 4.81. The van der Waals surface area contributed by atoms with Crippen molar-refractivity contribution >= 4 is 0 Å². The summed E-state index contributed by atoms with van der Waals surface area (Å²) in [6.45, 7) is 10.4. The van der Waals surface area contributed by atoms with Gasteiger partial charge in [0.15, 0.2) is 0 Å². The Hall–Kier alpha value is -0.820.